The van der Waals surface area contributed by atoms with Crippen molar-refractivity contribution in [3.05, 3.63) is 64.8 Å². The predicted molar refractivity (Wildman–Crippen MR) is 106 cm³/mol. The summed E-state index contributed by atoms with van der Waals surface area (Å²) in [7, 11) is 0. The zero-order valence-corrected chi connectivity index (χ0v) is 16.0. The summed E-state index contributed by atoms with van der Waals surface area (Å²) in [4.78, 5) is 25.0. The molecule has 148 valence electrons. The van der Waals surface area contributed by atoms with Crippen molar-refractivity contribution in [2.24, 2.45) is 0 Å². The second-order valence-corrected chi connectivity index (χ2v) is 6.74. The maximum Gasteiger partial charge on any atom is 0.273 e. The Morgan fingerprint density at radius 1 is 0.931 bits per heavy atom. The molecule has 29 heavy (non-hydrogen) atoms. The van der Waals surface area contributed by atoms with Crippen LogP contribution >= 0.6 is 0 Å². The average molecular weight is 392 g/mol. The van der Waals surface area contributed by atoms with Gasteiger partial charge in [0.25, 0.3) is 11.8 Å². The van der Waals surface area contributed by atoms with Crippen molar-refractivity contribution in [2.45, 2.75) is 13.8 Å². The number of nitrogens with zero attached hydrogens (tertiary/aromatic N) is 1. The molecule has 1 aromatic heterocycles. The molecule has 3 aromatic rings. The highest BCUT2D eigenvalue weighted by Crippen LogP contribution is 2.34. The molecule has 0 radical (unpaired) electrons. The lowest BCUT2D eigenvalue weighted by molar-refractivity contribution is 0.0846. The Hall–Kier alpha value is -3.81. The Kier molecular flexibility index (Phi) is 4.90. The van der Waals surface area contributed by atoms with E-state index in [-0.39, 0.29) is 5.91 Å². The van der Waals surface area contributed by atoms with Crippen LogP contribution in [0.25, 0.3) is 11.3 Å². The maximum atomic E-state index is 12.6. The zero-order chi connectivity index (χ0) is 20.4. The molecule has 8 nitrogen and oxygen atoms in total. The monoisotopic (exact) mass is 392 g/mol. The molecular formula is C21H20N4O4. The Morgan fingerprint density at radius 3 is 2.41 bits per heavy atom. The van der Waals surface area contributed by atoms with Gasteiger partial charge in [0.05, 0.1) is 17.5 Å². The Bertz CT molecular complexity index is 1090. The van der Waals surface area contributed by atoms with Gasteiger partial charge < -0.3 is 9.47 Å². The first-order valence-corrected chi connectivity index (χ1v) is 9.14. The minimum absolute atomic E-state index is 0.294. The molecule has 0 saturated carbocycles. The van der Waals surface area contributed by atoms with Crippen molar-refractivity contribution in [3.63, 3.8) is 0 Å². The molecule has 1 aliphatic rings. The molecule has 0 unspecified atom stereocenters. The van der Waals surface area contributed by atoms with Gasteiger partial charge in [0.2, 0.25) is 0 Å². The average Bonchev–Trinajstić information content (AvgIpc) is 3.21. The normalized spacial score (nSPS) is 12.3. The number of benzene rings is 2. The number of carbonyl (C=O) groups is 2. The van der Waals surface area contributed by atoms with E-state index in [0.29, 0.717) is 41.5 Å². The third-order valence-corrected chi connectivity index (χ3v) is 4.63. The van der Waals surface area contributed by atoms with Crippen LogP contribution in [0.15, 0.2) is 42.6 Å². The molecule has 0 atom stereocenters. The van der Waals surface area contributed by atoms with Gasteiger partial charge in [-0.2, -0.15) is 5.10 Å². The van der Waals surface area contributed by atoms with Gasteiger partial charge in [-0.3, -0.25) is 25.5 Å². The number of hydrogen-bond acceptors (Lipinski definition) is 5. The van der Waals surface area contributed by atoms with Gasteiger partial charge in [0.1, 0.15) is 13.2 Å². The van der Waals surface area contributed by atoms with Crippen LogP contribution < -0.4 is 20.3 Å². The van der Waals surface area contributed by atoms with E-state index in [1.165, 1.54) is 6.20 Å². The van der Waals surface area contributed by atoms with Gasteiger partial charge in [-0.15, -0.1) is 0 Å². The number of carbonyl (C=O) groups excluding carboxylic acids is 2. The molecule has 2 amide bonds. The molecular weight excluding hydrogens is 372 g/mol. The minimum atomic E-state index is -0.484. The van der Waals surface area contributed by atoms with Gasteiger partial charge in [-0.25, -0.2) is 0 Å². The Morgan fingerprint density at radius 2 is 1.66 bits per heavy atom. The number of rotatable bonds is 3. The first-order valence-electron chi connectivity index (χ1n) is 9.14. The molecule has 0 spiro atoms. The van der Waals surface area contributed by atoms with Gasteiger partial charge in [0.15, 0.2) is 11.5 Å². The molecule has 2 aromatic carbocycles. The van der Waals surface area contributed by atoms with E-state index in [2.05, 4.69) is 21.0 Å². The van der Waals surface area contributed by atoms with Crippen LogP contribution in [0.1, 0.15) is 31.8 Å². The number of hydrogen-bond donors (Lipinski definition) is 3. The number of aromatic amines is 1. The van der Waals surface area contributed by atoms with Gasteiger partial charge in [-0.1, -0.05) is 17.7 Å². The van der Waals surface area contributed by atoms with Crippen LogP contribution in [0.2, 0.25) is 0 Å². The van der Waals surface area contributed by atoms with Gasteiger partial charge in [-0.05, 0) is 43.7 Å². The van der Waals surface area contributed by atoms with Gasteiger partial charge >= 0.3 is 0 Å². The van der Waals surface area contributed by atoms with Crippen LogP contribution in [-0.4, -0.2) is 35.2 Å². The van der Waals surface area contributed by atoms with Crippen molar-refractivity contribution in [2.75, 3.05) is 13.2 Å². The van der Waals surface area contributed by atoms with Crippen LogP contribution in [-0.2, 0) is 0 Å². The van der Waals surface area contributed by atoms with E-state index < -0.39 is 5.91 Å². The van der Waals surface area contributed by atoms with Crippen LogP contribution in [0.3, 0.4) is 0 Å². The number of aryl methyl sites for hydroxylation is 2. The number of nitrogens with one attached hydrogen (secondary N) is 3. The molecule has 3 N–H and O–H groups in total. The Balaban J connectivity index is 1.49. The van der Waals surface area contributed by atoms with Crippen molar-refractivity contribution in [3.8, 4) is 22.8 Å². The minimum Gasteiger partial charge on any atom is -0.486 e. The van der Waals surface area contributed by atoms with Crippen molar-refractivity contribution in [1.82, 2.24) is 21.0 Å². The summed E-state index contributed by atoms with van der Waals surface area (Å²) >= 11 is 0. The summed E-state index contributed by atoms with van der Waals surface area (Å²) < 4.78 is 11.1. The first kappa shape index (κ1) is 18.5. The summed E-state index contributed by atoms with van der Waals surface area (Å²) in [6.07, 6.45) is 1.41. The number of fused-ring (bicyclic) bond motifs is 1. The van der Waals surface area contributed by atoms with Crippen LogP contribution in [0.4, 0.5) is 0 Å². The van der Waals surface area contributed by atoms with E-state index in [9.17, 15) is 9.59 Å². The van der Waals surface area contributed by atoms with Crippen LogP contribution in [0, 0.1) is 13.8 Å². The summed E-state index contributed by atoms with van der Waals surface area (Å²) in [5.74, 6) is 0.395. The Labute approximate surface area is 167 Å². The highest BCUT2D eigenvalue weighted by Gasteiger charge is 2.19. The fraction of sp³-hybridized carbons (Fsp3) is 0.190. The summed E-state index contributed by atoms with van der Waals surface area (Å²) in [6, 6.07) is 10.9. The maximum absolute atomic E-state index is 12.6. The van der Waals surface area contributed by atoms with E-state index in [1.807, 2.05) is 32.0 Å². The second kappa shape index (κ2) is 7.67. The number of H-pyrrole nitrogens is 1. The first-order chi connectivity index (χ1) is 14.0. The molecule has 2 heterocycles. The highest BCUT2D eigenvalue weighted by molar-refractivity contribution is 6.02. The summed E-state index contributed by atoms with van der Waals surface area (Å²) in [5.41, 5.74) is 8.81. The van der Waals surface area contributed by atoms with E-state index in [1.54, 1.807) is 18.2 Å². The predicted octanol–water partition coefficient (Wildman–Crippen LogP) is 2.54. The lowest BCUT2D eigenvalue weighted by Crippen LogP contribution is -2.41. The second-order valence-electron chi connectivity index (χ2n) is 6.74. The number of ether oxygens (including phenoxy) is 2. The number of hydrazine groups is 1. The fourth-order valence-electron chi connectivity index (χ4n) is 3.19. The molecule has 0 aliphatic carbocycles. The van der Waals surface area contributed by atoms with Crippen LogP contribution in [0.5, 0.6) is 11.5 Å². The molecule has 1 aliphatic heterocycles. The molecule has 4 rings (SSSR count). The summed E-state index contributed by atoms with van der Waals surface area (Å²) in [5, 5.41) is 6.79. The number of amides is 2. The highest BCUT2D eigenvalue weighted by atomic mass is 16.6. The SMILES string of the molecule is Cc1ccc(C(=O)NNC(=O)c2cn[nH]c2-c2ccc3c(c2)OCCO3)c(C)c1. The smallest absolute Gasteiger partial charge is 0.273 e. The van der Waals surface area contributed by atoms with E-state index in [0.717, 1.165) is 16.7 Å². The van der Waals surface area contributed by atoms with E-state index in [4.69, 9.17) is 9.47 Å². The quantitative estimate of drug-likeness (QED) is 0.594. The molecule has 0 fully saturated rings. The molecule has 0 saturated heterocycles. The van der Waals surface area contributed by atoms with E-state index >= 15 is 0 Å². The molecule has 0 bridgehead atoms. The third kappa shape index (κ3) is 3.77. The number of aromatic nitrogens is 2. The lowest BCUT2D eigenvalue weighted by Gasteiger charge is -2.18. The lowest BCUT2D eigenvalue weighted by atomic mass is 10.1. The largest absolute Gasteiger partial charge is 0.486 e. The third-order valence-electron chi connectivity index (χ3n) is 4.63. The molecule has 8 heteroatoms. The van der Waals surface area contributed by atoms with Crippen molar-refractivity contribution >= 4 is 11.8 Å². The fourth-order valence-corrected chi connectivity index (χ4v) is 3.19. The van der Waals surface area contributed by atoms with Crippen molar-refractivity contribution in [1.29, 1.82) is 0 Å². The van der Waals surface area contributed by atoms with Crippen molar-refractivity contribution < 1.29 is 19.1 Å². The standard InChI is InChI=1S/C21H20N4O4/c1-12-3-5-15(13(2)9-12)20(26)24-25-21(27)16-11-22-23-19(16)14-4-6-17-18(10-14)29-8-7-28-17/h3-6,9-11H,7-8H2,1-2H3,(H,22,23)(H,24,26)(H,25,27). The van der Waals surface area contributed by atoms with Gasteiger partial charge in [0, 0.05) is 11.1 Å². The zero-order valence-electron chi connectivity index (χ0n) is 16.0. The summed E-state index contributed by atoms with van der Waals surface area (Å²) in [6.45, 7) is 4.77. The topological polar surface area (TPSA) is 105 Å².